The molecule has 0 saturated heterocycles. The molecule has 0 aromatic carbocycles. The summed E-state index contributed by atoms with van der Waals surface area (Å²) in [7, 11) is 0. The number of rotatable bonds is 3. The maximum Gasteiger partial charge on any atom is 0.158 e. The average Bonchev–Trinajstić information content (AvgIpc) is 2.68. The monoisotopic (exact) mass is 185 g/mol. The van der Waals surface area contributed by atoms with Crippen molar-refractivity contribution in [3.05, 3.63) is 49.4 Å². The van der Waals surface area contributed by atoms with Gasteiger partial charge in [0.2, 0.25) is 0 Å². The van der Waals surface area contributed by atoms with Crippen LogP contribution >= 0.6 is 0 Å². The van der Waals surface area contributed by atoms with Crippen molar-refractivity contribution in [3.63, 3.8) is 0 Å². The Kier molecular flexibility index (Phi) is 2.40. The average molecular weight is 185 g/mol. The van der Waals surface area contributed by atoms with Crippen molar-refractivity contribution in [2.24, 2.45) is 0 Å². The van der Waals surface area contributed by atoms with Crippen molar-refractivity contribution in [1.82, 2.24) is 14.5 Å². The van der Waals surface area contributed by atoms with Gasteiger partial charge in [-0.2, -0.15) is 0 Å². The van der Waals surface area contributed by atoms with Crippen LogP contribution in [-0.4, -0.2) is 14.5 Å². The van der Waals surface area contributed by atoms with Crippen LogP contribution in [0.3, 0.4) is 0 Å². The molecule has 0 unspecified atom stereocenters. The van der Waals surface area contributed by atoms with Crippen molar-refractivity contribution in [1.29, 1.82) is 0 Å². The van der Waals surface area contributed by atoms with Crippen LogP contribution in [0.4, 0.5) is 0 Å². The third kappa shape index (κ3) is 1.57. The minimum atomic E-state index is 0.756. The van der Waals surface area contributed by atoms with Gasteiger partial charge in [-0.15, -0.1) is 6.58 Å². The molecule has 3 heteroatoms. The van der Waals surface area contributed by atoms with E-state index in [-0.39, 0.29) is 0 Å². The molecule has 0 aliphatic rings. The highest BCUT2D eigenvalue weighted by Gasteiger charge is 2.04. The smallest absolute Gasteiger partial charge is 0.158 e. The molecular formula is C11H11N3. The van der Waals surface area contributed by atoms with E-state index in [0.717, 1.165) is 18.1 Å². The molecule has 2 aromatic rings. The fourth-order valence-corrected chi connectivity index (χ4v) is 1.32. The predicted octanol–water partition coefficient (Wildman–Crippen LogP) is 2.13. The third-order valence-electron chi connectivity index (χ3n) is 1.94. The summed E-state index contributed by atoms with van der Waals surface area (Å²) in [6, 6.07) is 5.79. The lowest BCUT2D eigenvalue weighted by molar-refractivity contribution is 0.828. The van der Waals surface area contributed by atoms with Crippen LogP contribution in [0.1, 0.15) is 0 Å². The molecule has 0 saturated carbocycles. The topological polar surface area (TPSA) is 30.7 Å². The van der Waals surface area contributed by atoms with E-state index in [0.29, 0.717) is 0 Å². The van der Waals surface area contributed by atoms with Gasteiger partial charge in [-0.3, -0.25) is 4.98 Å². The van der Waals surface area contributed by atoms with Gasteiger partial charge in [-0.05, 0) is 12.1 Å². The van der Waals surface area contributed by atoms with Gasteiger partial charge in [-0.1, -0.05) is 12.1 Å². The quantitative estimate of drug-likeness (QED) is 0.686. The second kappa shape index (κ2) is 3.87. The Morgan fingerprint density at radius 1 is 1.29 bits per heavy atom. The Balaban J connectivity index is 2.41. The number of hydrogen-bond acceptors (Lipinski definition) is 2. The van der Waals surface area contributed by atoms with Crippen LogP contribution in [0.2, 0.25) is 0 Å². The number of hydrogen-bond donors (Lipinski definition) is 0. The zero-order chi connectivity index (χ0) is 9.80. The number of nitrogens with zero attached hydrogens (tertiary/aromatic N) is 3. The summed E-state index contributed by atoms with van der Waals surface area (Å²) >= 11 is 0. The highest BCUT2D eigenvalue weighted by atomic mass is 15.1. The molecule has 0 aliphatic heterocycles. The minimum absolute atomic E-state index is 0.756. The first-order chi connectivity index (χ1) is 6.92. The van der Waals surface area contributed by atoms with Crippen molar-refractivity contribution in [3.8, 4) is 11.5 Å². The number of aromatic nitrogens is 3. The number of allylic oxidation sites excluding steroid dienone is 1. The number of imidazole rings is 1. The zero-order valence-electron chi connectivity index (χ0n) is 7.80. The standard InChI is InChI=1S/C11H11N3/c1-2-8-14-9-7-13-11(14)10-5-3-4-6-12-10/h2-7,9H,1,8H2. The van der Waals surface area contributed by atoms with Crippen LogP contribution in [0, 0.1) is 0 Å². The third-order valence-corrected chi connectivity index (χ3v) is 1.94. The van der Waals surface area contributed by atoms with E-state index in [1.54, 1.807) is 12.4 Å². The fraction of sp³-hybridized carbons (Fsp3) is 0.0909. The Morgan fingerprint density at radius 2 is 2.21 bits per heavy atom. The molecule has 0 bridgehead atoms. The van der Waals surface area contributed by atoms with E-state index in [9.17, 15) is 0 Å². The summed E-state index contributed by atoms with van der Waals surface area (Å²) in [4.78, 5) is 8.50. The molecule has 0 atom stereocenters. The Morgan fingerprint density at radius 3 is 2.93 bits per heavy atom. The van der Waals surface area contributed by atoms with Crippen LogP contribution in [0.5, 0.6) is 0 Å². The first kappa shape index (κ1) is 8.69. The maximum absolute atomic E-state index is 4.26. The van der Waals surface area contributed by atoms with Crippen LogP contribution in [0.15, 0.2) is 49.4 Å². The van der Waals surface area contributed by atoms with E-state index in [4.69, 9.17) is 0 Å². The molecule has 0 N–H and O–H groups in total. The molecule has 2 rings (SSSR count). The first-order valence-electron chi connectivity index (χ1n) is 4.45. The van der Waals surface area contributed by atoms with E-state index in [1.807, 2.05) is 35.0 Å². The van der Waals surface area contributed by atoms with Crippen molar-refractivity contribution in [2.45, 2.75) is 6.54 Å². The van der Waals surface area contributed by atoms with Crippen molar-refractivity contribution in [2.75, 3.05) is 0 Å². The lowest BCUT2D eigenvalue weighted by Crippen LogP contribution is -1.97. The van der Waals surface area contributed by atoms with Gasteiger partial charge >= 0.3 is 0 Å². The highest BCUT2D eigenvalue weighted by molar-refractivity contribution is 5.49. The molecule has 0 spiro atoms. The van der Waals surface area contributed by atoms with Gasteiger partial charge < -0.3 is 4.57 Å². The van der Waals surface area contributed by atoms with Gasteiger partial charge in [0.1, 0.15) is 5.69 Å². The molecule has 3 nitrogen and oxygen atoms in total. The fourth-order valence-electron chi connectivity index (χ4n) is 1.32. The normalized spacial score (nSPS) is 10.0. The van der Waals surface area contributed by atoms with E-state index >= 15 is 0 Å². The molecule has 14 heavy (non-hydrogen) atoms. The Labute approximate surface area is 82.8 Å². The largest absolute Gasteiger partial charge is 0.326 e. The van der Waals surface area contributed by atoms with Crippen molar-refractivity contribution >= 4 is 0 Å². The molecule has 2 heterocycles. The van der Waals surface area contributed by atoms with Crippen LogP contribution < -0.4 is 0 Å². The Bertz CT molecular complexity index is 417. The highest BCUT2D eigenvalue weighted by Crippen LogP contribution is 2.13. The zero-order valence-corrected chi connectivity index (χ0v) is 7.80. The maximum atomic E-state index is 4.26. The minimum Gasteiger partial charge on any atom is -0.326 e. The summed E-state index contributed by atoms with van der Waals surface area (Å²) < 4.78 is 2.01. The van der Waals surface area contributed by atoms with Crippen LogP contribution in [-0.2, 0) is 6.54 Å². The Hall–Kier alpha value is -1.90. The van der Waals surface area contributed by atoms with Gasteiger partial charge in [0, 0.05) is 25.1 Å². The van der Waals surface area contributed by atoms with Crippen LogP contribution in [0.25, 0.3) is 11.5 Å². The van der Waals surface area contributed by atoms with Crippen molar-refractivity contribution < 1.29 is 0 Å². The van der Waals surface area contributed by atoms with Gasteiger partial charge in [0.15, 0.2) is 5.82 Å². The second-order valence-corrected chi connectivity index (χ2v) is 2.91. The summed E-state index contributed by atoms with van der Waals surface area (Å²) in [5, 5.41) is 0. The van der Waals surface area contributed by atoms with E-state index < -0.39 is 0 Å². The summed E-state index contributed by atoms with van der Waals surface area (Å²) in [6.45, 7) is 4.46. The molecule has 70 valence electrons. The van der Waals surface area contributed by atoms with Gasteiger partial charge in [0.25, 0.3) is 0 Å². The number of pyridine rings is 1. The molecule has 0 fully saturated rings. The summed E-state index contributed by atoms with van der Waals surface area (Å²) in [5.74, 6) is 0.880. The predicted molar refractivity (Wildman–Crippen MR) is 55.7 cm³/mol. The lowest BCUT2D eigenvalue weighted by Gasteiger charge is -2.03. The second-order valence-electron chi connectivity index (χ2n) is 2.91. The summed E-state index contributed by atoms with van der Waals surface area (Å²) in [6.07, 6.45) is 7.30. The first-order valence-corrected chi connectivity index (χ1v) is 4.45. The lowest BCUT2D eigenvalue weighted by atomic mass is 10.3. The molecule has 0 amide bonds. The summed E-state index contributed by atoms with van der Waals surface area (Å²) in [5.41, 5.74) is 0.888. The molecule has 2 aromatic heterocycles. The molecule has 0 radical (unpaired) electrons. The van der Waals surface area contributed by atoms with Gasteiger partial charge in [-0.25, -0.2) is 4.98 Å². The van der Waals surface area contributed by atoms with Gasteiger partial charge in [0.05, 0.1) is 0 Å². The van der Waals surface area contributed by atoms with E-state index in [1.165, 1.54) is 0 Å². The molecule has 0 aliphatic carbocycles. The SMILES string of the molecule is C=CCn1ccnc1-c1ccccn1. The molecular weight excluding hydrogens is 174 g/mol. The van der Waals surface area contributed by atoms with E-state index in [2.05, 4.69) is 16.5 Å².